The molecule has 0 aromatic carbocycles. The zero-order valence-corrected chi connectivity index (χ0v) is 9.06. The van der Waals surface area contributed by atoms with Crippen LogP contribution in [0.25, 0.3) is 0 Å². The van der Waals surface area contributed by atoms with Gasteiger partial charge in [0.2, 0.25) is 0 Å². The molecule has 0 aromatic rings. The molecule has 1 aliphatic rings. The molecule has 0 saturated carbocycles. The minimum Gasteiger partial charge on any atom is -0.313 e. The van der Waals surface area contributed by atoms with Crippen LogP contribution in [0.4, 0.5) is 0 Å². The molecule has 1 N–H and O–H groups in total. The third kappa shape index (κ3) is 4.65. The number of rotatable bonds is 4. The van der Waals surface area contributed by atoms with Gasteiger partial charge in [0.15, 0.2) is 0 Å². The zero-order valence-electron chi connectivity index (χ0n) is 8.30. The predicted molar refractivity (Wildman–Crippen MR) is 58.1 cm³/mol. The van der Waals surface area contributed by atoms with Crippen LogP contribution in [-0.4, -0.2) is 38.1 Å². The zero-order chi connectivity index (χ0) is 9.52. The van der Waals surface area contributed by atoms with E-state index in [1.807, 2.05) is 6.08 Å². The molecule has 0 radical (unpaired) electrons. The summed E-state index contributed by atoms with van der Waals surface area (Å²) in [5, 5.41) is 3.38. The molecule has 0 aliphatic carbocycles. The van der Waals surface area contributed by atoms with E-state index < -0.39 is 0 Å². The quantitative estimate of drug-likeness (QED) is 0.698. The first-order valence-electron chi connectivity index (χ1n) is 4.97. The van der Waals surface area contributed by atoms with Crippen molar-refractivity contribution in [3.63, 3.8) is 0 Å². The molecule has 1 heterocycles. The molecule has 2 nitrogen and oxygen atoms in total. The van der Waals surface area contributed by atoms with Crippen LogP contribution in [0, 0.1) is 5.92 Å². The second-order valence-corrected chi connectivity index (χ2v) is 4.04. The Balaban J connectivity index is 2.06. The third-order valence-electron chi connectivity index (χ3n) is 2.51. The van der Waals surface area contributed by atoms with Crippen LogP contribution in [-0.2, 0) is 0 Å². The highest BCUT2D eigenvalue weighted by Gasteiger charge is 2.15. The molecule has 0 aromatic heterocycles. The number of halogens is 1. The second-order valence-electron chi connectivity index (χ2n) is 3.79. The van der Waals surface area contributed by atoms with Gasteiger partial charge in [-0.15, -0.1) is 0 Å². The Hall–Kier alpha value is -0.0500. The summed E-state index contributed by atoms with van der Waals surface area (Å²) in [6, 6.07) is 0. The van der Waals surface area contributed by atoms with Crippen LogP contribution >= 0.6 is 11.6 Å². The molecule has 1 fully saturated rings. The van der Waals surface area contributed by atoms with Gasteiger partial charge < -0.3 is 10.2 Å². The van der Waals surface area contributed by atoms with Crippen molar-refractivity contribution >= 4 is 11.6 Å². The van der Waals surface area contributed by atoms with E-state index in [1.54, 1.807) is 5.54 Å². The van der Waals surface area contributed by atoms with Gasteiger partial charge in [0.1, 0.15) is 0 Å². The molecule has 76 valence electrons. The lowest BCUT2D eigenvalue weighted by Crippen LogP contribution is -2.37. The number of hydrogen-bond donors (Lipinski definition) is 1. The number of piperidine rings is 1. The summed E-state index contributed by atoms with van der Waals surface area (Å²) in [5.74, 6) is 0.822. The van der Waals surface area contributed by atoms with Gasteiger partial charge in [-0.3, -0.25) is 0 Å². The maximum Gasteiger partial charge on any atom is 0.0146 e. The lowest BCUT2D eigenvalue weighted by Gasteiger charge is -2.29. The minimum absolute atomic E-state index is 0.822. The summed E-state index contributed by atoms with van der Waals surface area (Å²) in [5.41, 5.74) is 1.57. The van der Waals surface area contributed by atoms with Crippen LogP contribution < -0.4 is 5.32 Å². The Bertz CT molecular complexity index is 159. The van der Waals surface area contributed by atoms with E-state index in [1.165, 1.54) is 25.9 Å². The Morgan fingerprint density at radius 3 is 3.15 bits per heavy atom. The van der Waals surface area contributed by atoms with Crippen molar-refractivity contribution in [3.05, 3.63) is 11.6 Å². The molecule has 1 rings (SSSR count). The molecule has 3 heteroatoms. The lowest BCUT2D eigenvalue weighted by atomic mass is 9.98. The number of likely N-dealkylation sites (tertiary alicyclic amines) is 1. The van der Waals surface area contributed by atoms with Crippen molar-refractivity contribution in [3.8, 4) is 0 Å². The van der Waals surface area contributed by atoms with Crippen LogP contribution in [0.5, 0.6) is 0 Å². The first-order chi connectivity index (χ1) is 6.33. The number of nitrogens with zero attached hydrogens (tertiary/aromatic N) is 1. The highest BCUT2D eigenvalue weighted by Crippen LogP contribution is 2.13. The lowest BCUT2D eigenvalue weighted by molar-refractivity contribution is 0.207. The summed E-state index contributed by atoms with van der Waals surface area (Å²) in [7, 11) is 2.20. The van der Waals surface area contributed by atoms with E-state index in [4.69, 9.17) is 11.6 Å². The van der Waals surface area contributed by atoms with Crippen molar-refractivity contribution in [1.82, 2.24) is 10.2 Å². The summed E-state index contributed by atoms with van der Waals surface area (Å²) < 4.78 is 0. The highest BCUT2D eigenvalue weighted by atomic mass is 35.5. The maximum atomic E-state index is 5.42. The summed E-state index contributed by atoms with van der Waals surface area (Å²) in [6.45, 7) is 4.50. The van der Waals surface area contributed by atoms with Crippen LogP contribution in [0.3, 0.4) is 0 Å². The van der Waals surface area contributed by atoms with E-state index in [2.05, 4.69) is 17.3 Å². The first kappa shape index (κ1) is 11.0. The van der Waals surface area contributed by atoms with Crippen molar-refractivity contribution in [2.24, 2.45) is 5.92 Å². The van der Waals surface area contributed by atoms with Crippen LogP contribution in [0.15, 0.2) is 11.6 Å². The molecular weight excluding hydrogens is 184 g/mol. The molecule has 0 amide bonds. The number of hydrogen-bond acceptors (Lipinski definition) is 2. The largest absolute Gasteiger partial charge is 0.313 e. The van der Waals surface area contributed by atoms with Crippen molar-refractivity contribution in [1.29, 1.82) is 0 Å². The van der Waals surface area contributed by atoms with Crippen molar-refractivity contribution < 1.29 is 0 Å². The molecule has 1 saturated heterocycles. The number of nitrogens with one attached hydrogen (secondary N) is 1. The summed E-state index contributed by atoms with van der Waals surface area (Å²) in [6.07, 6.45) is 4.64. The maximum absolute atomic E-state index is 5.42. The Kier molecular flexibility index (Phi) is 5.44. The monoisotopic (exact) mass is 202 g/mol. The van der Waals surface area contributed by atoms with E-state index >= 15 is 0 Å². The first-order valence-corrected chi connectivity index (χ1v) is 5.41. The SMILES string of the molecule is CN1CCCC(CNC/C=C/Cl)C1. The van der Waals surface area contributed by atoms with E-state index in [9.17, 15) is 0 Å². The fourth-order valence-corrected chi connectivity index (χ4v) is 1.94. The molecule has 13 heavy (non-hydrogen) atoms. The van der Waals surface area contributed by atoms with Crippen molar-refractivity contribution in [2.75, 3.05) is 33.2 Å². The molecule has 0 spiro atoms. The molecule has 1 aliphatic heterocycles. The molecule has 1 atom stereocenters. The Morgan fingerprint density at radius 2 is 2.46 bits per heavy atom. The van der Waals surface area contributed by atoms with Gasteiger partial charge in [-0.2, -0.15) is 0 Å². The Labute approximate surface area is 85.9 Å². The van der Waals surface area contributed by atoms with Gasteiger partial charge in [-0.05, 0) is 38.9 Å². The smallest absolute Gasteiger partial charge is 0.0146 e. The normalized spacial score (nSPS) is 25.5. The van der Waals surface area contributed by atoms with E-state index in [0.717, 1.165) is 19.0 Å². The van der Waals surface area contributed by atoms with Gasteiger partial charge >= 0.3 is 0 Å². The minimum atomic E-state index is 0.822. The molecule has 1 unspecified atom stereocenters. The average molecular weight is 203 g/mol. The van der Waals surface area contributed by atoms with Gasteiger partial charge in [0.05, 0.1) is 0 Å². The average Bonchev–Trinajstić information content (AvgIpc) is 2.13. The van der Waals surface area contributed by atoms with Crippen LogP contribution in [0.1, 0.15) is 12.8 Å². The van der Waals surface area contributed by atoms with E-state index in [0.29, 0.717) is 0 Å². The summed E-state index contributed by atoms with van der Waals surface area (Å²) >= 11 is 5.42. The van der Waals surface area contributed by atoms with Gasteiger partial charge in [0, 0.05) is 18.6 Å². The predicted octanol–water partition coefficient (Wildman–Crippen LogP) is 1.67. The van der Waals surface area contributed by atoms with Crippen molar-refractivity contribution in [2.45, 2.75) is 12.8 Å². The topological polar surface area (TPSA) is 15.3 Å². The van der Waals surface area contributed by atoms with Gasteiger partial charge in [0.25, 0.3) is 0 Å². The molecular formula is C10H19ClN2. The standard InChI is InChI=1S/C10H19ClN2/c1-13-7-2-4-10(9-13)8-12-6-3-5-11/h3,5,10,12H,2,4,6-9H2,1H3/b5-3+. The summed E-state index contributed by atoms with van der Waals surface area (Å²) in [4.78, 5) is 2.41. The second kappa shape index (κ2) is 6.41. The van der Waals surface area contributed by atoms with Crippen LogP contribution in [0.2, 0.25) is 0 Å². The fraction of sp³-hybridized carbons (Fsp3) is 0.800. The Morgan fingerprint density at radius 1 is 1.62 bits per heavy atom. The van der Waals surface area contributed by atoms with Gasteiger partial charge in [-0.25, -0.2) is 0 Å². The highest BCUT2D eigenvalue weighted by molar-refractivity contribution is 6.25. The molecule has 0 bridgehead atoms. The third-order valence-corrected chi connectivity index (χ3v) is 2.68. The van der Waals surface area contributed by atoms with E-state index in [-0.39, 0.29) is 0 Å². The fourth-order valence-electron chi connectivity index (χ4n) is 1.86. The van der Waals surface area contributed by atoms with Gasteiger partial charge in [-0.1, -0.05) is 17.7 Å².